The van der Waals surface area contributed by atoms with Crippen LogP contribution in [0.4, 0.5) is 11.4 Å². The van der Waals surface area contributed by atoms with E-state index >= 15 is 0 Å². The van der Waals surface area contributed by atoms with Crippen molar-refractivity contribution in [3.05, 3.63) is 30.5 Å². The van der Waals surface area contributed by atoms with Crippen LogP contribution in [0, 0.1) is 0 Å². The molecule has 0 aliphatic carbocycles. The molecule has 1 fully saturated rings. The Morgan fingerprint density at radius 1 is 1.42 bits per heavy atom. The van der Waals surface area contributed by atoms with Crippen LogP contribution < -0.4 is 10.6 Å². The van der Waals surface area contributed by atoms with Gasteiger partial charge in [-0.1, -0.05) is 0 Å². The van der Waals surface area contributed by atoms with Gasteiger partial charge in [-0.25, -0.2) is 0 Å². The molecule has 2 heterocycles. The van der Waals surface area contributed by atoms with Crippen LogP contribution in [-0.4, -0.2) is 31.3 Å². The number of likely N-dealkylation sites (N-methyl/N-ethyl adjacent to an activating group) is 1. The number of hydrogen-bond acceptors (Lipinski definition) is 4. The Labute approximate surface area is 113 Å². The number of nitrogens with zero attached hydrogens (tertiary/aromatic N) is 2. The highest BCUT2D eigenvalue weighted by atomic mass is 16.5. The van der Waals surface area contributed by atoms with Crippen LogP contribution >= 0.6 is 0 Å². The summed E-state index contributed by atoms with van der Waals surface area (Å²) in [7, 11) is 2.10. The molecule has 1 atom stereocenters. The molecule has 1 aromatic carbocycles. The fourth-order valence-corrected chi connectivity index (χ4v) is 2.70. The Hall–Kier alpha value is -1.81. The molecule has 0 saturated carbocycles. The highest BCUT2D eigenvalue weighted by Gasteiger charge is 2.18. The minimum Gasteiger partial charge on any atom is -0.397 e. The first-order valence-corrected chi connectivity index (χ1v) is 6.71. The normalized spacial score (nSPS) is 18.9. The molecule has 2 aromatic rings. The Bertz CT molecular complexity index is 579. The average molecular weight is 257 g/mol. The quantitative estimate of drug-likeness (QED) is 0.858. The third-order valence-corrected chi connectivity index (χ3v) is 3.69. The van der Waals surface area contributed by atoms with E-state index in [1.165, 1.54) is 6.42 Å². The average Bonchev–Trinajstić information content (AvgIpc) is 2.92. The van der Waals surface area contributed by atoms with Crippen LogP contribution in [0.15, 0.2) is 30.5 Å². The zero-order valence-corrected chi connectivity index (χ0v) is 11.2. The first kappa shape index (κ1) is 12.2. The molecule has 1 unspecified atom stereocenters. The number of nitrogen functional groups attached to an aromatic ring is 1. The van der Waals surface area contributed by atoms with Crippen LogP contribution in [0.2, 0.25) is 0 Å². The number of ether oxygens (including phenoxy) is 1. The van der Waals surface area contributed by atoms with Crippen molar-refractivity contribution in [2.24, 2.45) is 0 Å². The van der Waals surface area contributed by atoms with Crippen LogP contribution in [0.1, 0.15) is 12.8 Å². The number of hydrogen-bond donors (Lipinski definition) is 1. The molecule has 3 rings (SSSR count). The first-order valence-electron chi connectivity index (χ1n) is 6.71. The summed E-state index contributed by atoms with van der Waals surface area (Å²) in [5.74, 6) is 0. The van der Waals surface area contributed by atoms with Crippen molar-refractivity contribution >= 4 is 22.3 Å². The molecule has 100 valence electrons. The van der Waals surface area contributed by atoms with Gasteiger partial charge in [0.25, 0.3) is 0 Å². The highest BCUT2D eigenvalue weighted by Crippen LogP contribution is 2.29. The van der Waals surface area contributed by atoms with Gasteiger partial charge in [0.15, 0.2) is 0 Å². The number of fused-ring (bicyclic) bond motifs is 1. The fourth-order valence-electron chi connectivity index (χ4n) is 2.70. The molecule has 1 aliphatic heterocycles. The largest absolute Gasteiger partial charge is 0.397 e. The summed E-state index contributed by atoms with van der Waals surface area (Å²) in [6.45, 7) is 1.80. The summed E-state index contributed by atoms with van der Waals surface area (Å²) in [5, 5.41) is 1.10. The number of nitrogens with two attached hydrogens (primary N) is 1. The fraction of sp³-hybridized carbons (Fsp3) is 0.400. The predicted octanol–water partition coefficient (Wildman–Crippen LogP) is 2.43. The van der Waals surface area contributed by atoms with Crippen LogP contribution in [0.25, 0.3) is 10.9 Å². The lowest BCUT2D eigenvalue weighted by Gasteiger charge is -2.24. The van der Waals surface area contributed by atoms with Crippen molar-refractivity contribution in [2.45, 2.75) is 18.9 Å². The number of anilines is 2. The molecule has 1 aromatic heterocycles. The van der Waals surface area contributed by atoms with Gasteiger partial charge in [0.05, 0.1) is 17.3 Å². The van der Waals surface area contributed by atoms with Crippen LogP contribution in [-0.2, 0) is 4.74 Å². The monoisotopic (exact) mass is 257 g/mol. The van der Waals surface area contributed by atoms with Crippen molar-refractivity contribution in [3.8, 4) is 0 Å². The molecule has 0 bridgehead atoms. The van der Waals surface area contributed by atoms with E-state index in [2.05, 4.69) is 29.1 Å². The molecule has 19 heavy (non-hydrogen) atoms. The summed E-state index contributed by atoms with van der Waals surface area (Å²) in [6, 6.07) is 8.01. The minimum atomic E-state index is 0.342. The lowest BCUT2D eigenvalue weighted by Crippen LogP contribution is -2.28. The van der Waals surface area contributed by atoms with Crippen molar-refractivity contribution in [3.63, 3.8) is 0 Å². The number of aromatic nitrogens is 1. The SMILES string of the molecule is CN(CC1CCCO1)c1ccc(N)c2ncccc12. The van der Waals surface area contributed by atoms with Gasteiger partial charge in [-0.3, -0.25) is 4.98 Å². The van der Waals surface area contributed by atoms with E-state index in [0.29, 0.717) is 6.10 Å². The summed E-state index contributed by atoms with van der Waals surface area (Å²) in [6.07, 6.45) is 4.44. The van der Waals surface area contributed by atoms with E-state index in [4.69, 9.17) is 10.5 Å². The summed E-state index contributed by atoms with van der Waals surface area (Å²) >= 11 is 0. The number of pyridine rings is 1. The minimum absolute atomic E-state index is 0.342. The van der Waals surface area contributed by atoms with E-state index in [0.717, 1.165) is 41.9 Å². The van der Waals surface area contributed by atoms with Crippen molar-refractivity contribution in [2.75, 3.05) is 30.8 Å². The van der Waals surface area contributed by atoms with Crippen molar-refractivity contribution < 1.29 is 4.74 Å². The molecule has 2 N–H and O–H groups in total. The third kappa shape index (κ3) is 2.36. The summed E-state index contributed by atoms with van der Waals surface area (Å²) < 4.78 is 5.70. The maximum atomic E-state index is 5.98. The molecule has 0 amide bonds. The van der Waals surface area contributed by atoms with Gasteiger partial charge in [-0.2, -0.15) is 0 Å². The molecular formula is C15H19N3O. The Balaban J connectivity index is 1.93. The van der Waals surface area contributed by atoms with Gasteiger partial charge in [0, 0.05) is 37.5 Å². The second kappa shape index (κ2) is 5.05. The van der Waals surface area contributed by atoms with E-state index in [1.54, 1.807) is 6.20 Å². The summed E-state index contributed by atoms with van der Waals surface area (Å²) in [4.78, 5) is 6.61. The zero-order valence-electron chi connectivity index (χ0n) is 11.2. The van der Waals surface area contributed by atoms with Crippen molar-refractivity contribution in [1.29, 1.82) is 0 Å². The van der Waals surface area contributed by atoms with Crippen LogP contribution in [0.5, 0.6) is 0 Å². The van der Waals surface area contributed by atoms with Gasteiger partial charge >= 0.3 is 0 Å². The van der Waals surface area contributed by atoms with E-state index in [9.17, 15) is 0 Å². The molecule has 0 radical (unpaired) electrons. The molecule has 4 heteroatoms. The second-order valence-electron chi connectivity index (χ2n) is 5.09. The number of rotatable bonds is 3. The first-order chi connectivity index (χ1) is 9.25. The summed E-state index contributed by atoms with van der Waals surface area (Å²) in [5.41, 5.74) is 8.74. The Morgan fingerprint density at radius 3 is 3.11 bits per heavy atom. The lowest BCUT2D eigenvalue weighted by molar-refractivity contribution is 0.116. The lowest BCUT2D eigenvalue weighted by atomic mass is 10.1. The molecule has 1 aliphatic rings. The standard InChI is InChI=1S/C15H19N3O/c1-18(10-11-4-3-9-19-11)14-7-6-13(16)15-12(14)5-2-8-17-15/h2,5-8,11H,3-4,9-10,16H2,1H3. The van der Waals surface area contributed by atoms with E-state index in [1.807, 2.05) is 12.1 Å². The maximum absolute atomic E-state index is 5.98. The van der Waals surface area contributed by atoms with Gasteiger partial charge < -0.3 is 15.4 Å². The van der Waals surface area contributed by atoms with E-state index < -0.39 is 0 Å². The molecular weight excluding hydrogens is 238 g/mol. The Morgan fingerprint density at radius 2 is 2.32 bits per heavy atom. The maximum Gasteiger partial charge on any atom is 0.0951 e. The Kier molecular flexibility index (Phi) is 3.25. The molecule has 0 spiro atoms. The van der Waals surface area contributed by atoms with E-state index in [-0.39, 0.29) is 0 Å². The predicted molar refractivity (Wildman–Crippen MR) is 78.4 cm³/mol. The number of benzene rings is 1. The van der Waals surface area contributed by atoms with Gasteiger partial charge in [0.2, 0.25) is 0 Å². The molecule has 1 saturated heterocycles. The van der Waals surface area contributed by atoms with Crippen molar-refractivity contribution in [1.82, 2.24) is 4.98 Å². The highest BCUT2D eigenvalue weighted by molar-refractivity contribution is 5.98. The van der Waals surface area contributed by atoms with Gasteiger partial charge in [-0.05, 0) is 37.1 Å². The topological polar surface area (TPSA) is 51.4 Å². The second-order valence-corrected chi connectivity index (χ2v) is 5.09. The zero-order chi connectivity index (χ0) is 13.2. The van der Waals surface area contributed by atoms with Gasteiger partial charge in [0.1, 0.15) is 0 Å². The van der Waals surface area contributed by atoms with Crippen LogP contribution in [0.3, 0.4) is 0 Å². The molecule has 4 nitrogen and oxygen atoms in total. The third-order valence-electron chi connectivity index (χ3n) is 3.69. The smallest absolute Gasteiger partial charge is 0.0951 e. The van der Waals surface area contributed by atoms with Gasteiger partial charge in [-0.15, -0.1) is 0 Å².